The zero-order chi connectivity index (χ0) is 14.3. The molecular formula is C14H22FNO3. The molecule has 0 amide bonds. The largest absolute Gasteiger partial charge is 0.389 e. The van der Waals surface area contributed by atoms with Crippen molar-refractivity contribution in [1.82, 2.24) is 0 Å². The van der Waals surface area contributed by atoms with E-state index >= 15 is 0 Å². The Morgan fingerprint density at radius 1 is 1.21 bits per heavy atom. The first kappa shape index (κ1) is 15.9. The molecule has 0 heterocycles. The standard InChI is InChI=1S/C14H22FNO3/c1-11(17)12-4-5-14(13(15)10-12)16(6-8-18-2)7-9-19-3/h4-5,10-11,17H,6-9H2,1-3H3/t11-/m0/s1. The van der Waals surface area contributed by atoms with Gasteiger partial charge in [-0.1, -0.05) is 6.07 Å². The quantitative estimate of drug-likeness (QED) is 0.785. The minimum absolute atomic E-state index is 0.342. The summed E-state index contributed by atoms with van der Waals surface area (Å²) in [5, 5.41) is 9.44. The SMILES string of the molecule is COCCN(CCOC)c1ccc([C@H](C)O)cc1F. The number of halogens is 1. The van der Waals surface area contributed by atoms with Crippen molar-refractivity contribution in [1.29, 1.82) is 0 Å². The van der Waals surface area contributed by atoms with E-state index in [1.165, 1.54) is 6.07 Å². The van der Waals surface area contributed by atoms with Crippen LogP contribution in [0.15, 0.2) is 18.2 Å². The molecule has 0 radical (unpaired) electrons. The van der Waals surface area contributed by atoms with Crippen molar-refractivity contribution in [2.45, 2.75) is 13.0 Å². The zero-order valence-electron chi connectivity index (χ0n) is 11.7. The van der Waals surface area contributed by atoms with Crippen LogP contribution in [0.3, 0.4) is 0 Å². The second-order valence-electron chi connectivity index (χ2n) is 4.36. The van der Waals surface area contributed by atoms with Crippen LogP contribution in [-0.2, 0) is 9.47 Å². The molecule has 0 aliphatic carbocycles. The van der Waals surface area contributed by atoms with E-state index in [0.29, 0.717) is 37.6 Å². The Bertz CT molecular complexity index is 377. The fourth-order valence-electron chi connectivity index (χ4n) is 1.80. The number of hydrogen-bond acceptors (Lipinski definition) is 4. The van der Waals surface area contributed by atoms with Gasteiger partial charge < -0.3 is 19.5 Å². The molecular weight excluding hydrogens is 249 g/mol. The van der Waals surface area contributed by atoms with Crippen molar-refractivity contribution in [3.63, 3.8) is 0 Å². The third-order valence-corrected chi connectivity index (χ3v) is 2.93. The van der Waals surface area contributed by atoms with E-state index in [4.69, 9.17) is 9.47 Å². The number of aliphatic hydroxyl groups excluding tert-OH is 1. The Kier molecular flexibility index (Phi) is 6.77. The van der Waals surface area contributed by atoms with Gasteiger partial charge in [-0.3, -0.25) is 0 Å². The molecule has 0 aliphatic rings. The molecule has 1 rings (SSSR count). The van der Waals surface area contributed by atoms with Crippen molar-refractivity contribution in [3.8, 4) is 0 Å². The molecule has 0 saturated carbocycles. The predicted octanol–water partition coefficient (Wildman–Crippen LogP) is 1.98. The van der Waals surface area contributed by atoms with Crippen LogP contribution in [0, 0.1) is 5.82 Å². The third kappa shape index (κ3) is 4.78. The summed E-state index contributed by atoms with van der Waals surface area (Å²) in [5.41, 5.74) is 1.07. The molecule has 0 aliphatic heterocycles. The second kappa shape index (κ2) is 8.09. The van der Waals surface area contributed by atoms with E-state index in [2.05, 4.69) is 0 Å². The van der Waals surface area contributed by atoms with Crippen LogP contribution in [-0.4, -0.2) is 45.6 Å². The summed E-state index contributed by atoms with van der Waals surface area (Å²) < 4.78 is 24.1. The monoisotopic (exact) mass is 271 g/mol. The normalized spacial score (nSPS) is 12.5. The van der Waals surface area contributed by atoms with Crippen LogP contribution in [0.4, 0.5) is 10.1 Å². The number of benzene rings is 1. The van der Waals surface area contributed by atoms with Gasteiger partial charge >= 0.3 is 0 Å². The molecule has 1 aromatic rings. The van der Waals surface area contributed by atoms with E-state index in [1.807, 2.05) is 4.90 Å². The maximum Gasteiger partial charge on any atom is 0.146 e. The molecule has 1 N–H and O–H groups in total. The minimum Gasteiger partial charge on any atom is -0.389 e. The van der Waals surface area contributed by atoms with Gasteiger partial charge in [0.1, 0.15) is 5.82 Å². The summed E-state index contributed by atoms with van der Waals surface area (Å²) in [6, 6.07) is 4.78. The fraction of sp³-hybridized carbons (Fsp3) is 0.571. The summed E-state index contributed by atoms with van der Waals surface area (Å²) in [5.74, 6) is -0.342. The van der Waals surface area contributed by atoms with Gasteiger partial charge in [0.2, 0.25) is 0 Å². The predicted molar refractivity (Wildman–Crippen MR) is 73.0 cm³/mol. The molecule has 5 heteroatoms. The van der Waals surface area contributed by atoms with Gasteiger partial charge in [-0.15, -0.1) is 0 Å². The lowest BCUT2D eigenvalue weighted by atomic mass is 10.1. The highest BCUT2D eigenvalue weighted by Crippen LogP contribution is 2.23. The van der Waals surface area contributed by atoms with E-state index in [0.717, 1.165) is 0 Å². The van der Waals surface area contributed by atoms with Crippen LogP contribution >= 0.6 is 0 Å². The number of nitrogens with zero attached hydrogens (tertiary/aromatic N) is 1. The maximum atomic E-state index is 14.1. The Balaban J connectivity index is 2.87. The number of methoxy groups -OCH3 is 2. The first-order chi connectivity index (χ1) is 9.10. The highest BCUT2D eigenvalue weighted by Gasteiger charge is 2.13. The highest BCUT2D eigenvalue weighted by molar-refractivity contribution is 5.49. The lowest BCUT2D eigenvalue weighted by Gasteiger charge is -2.25. The fourth-order valence-corrected chi connectivity index (χ4v) is 1.80. The summed E-state index contributed by atoms with van der Waals surface area (Å²) in [4.78, 5) is 1.87. The maximum absolute atomic E-state index is 14.1. The lowest BCUT2D eigenvalue weighted by molar-refractivity contribution is 0.189. The molecule has 0 spiro atoms. The van der Waals surface area contributed by atoms with Crippen molar-refractivity contribution in [2.75, 3.05) is 45.4 Å². The number of ether oxygens (including phenoxy) is 2. The minimum atomic E-state index is -0.671. The van der Waals surface area contributed by atoms with Gasteiger partial charge in [0.25, 0.3) is 0 Å². The van der Waals surface area contributed by atoms with Crippen molar-refractivity contribution in [3.05, 3.63) is 29.6 Å². The van der Waals surface area contributed by atoms with Gasteiger partial charge in [0.05, 0.1) is 25.0 Å². The number of aliphatic hydroxyl groups is 1. The smallest absolute Gasteiger partial charge is 0.146 e. The number of anilines is 1. The molecule has 1 atom stereocenters. The van der Waals surface area contributed by atoms with Gasteiger partial charge in [-0.25, -0.2) is 4.39 Å². The Morgan fingerprint density at radius 3 is 2.21 bits per heavy atom. The van der Waals surface area contributed by atoms with E-state index in [9.17, 15) is 9.50 Å². The molecule has 0 fully saturated rings. The Morgan fingerprint density at radius 2 is 1.79 bits per heavy atom. The van der Waals surface area contributed by atoms with Crippen LogP contribution in [0.25, 0.3) is 0 Å². The number of hydrogen-bond donors (Lipinski definition) is 1. The van der Waals surface area contributed by atoms with Crippen LogP contribution in [0.1, 0.15) is 18.6 Å². The van der Waals surface area contributed by atoms with Crippen LogP contribution in [0.2, 0.25) is 0 Å². The molecule has 19 heavy (non-hydrogen) atoms. The first-order valence-corrected chi connectivity index (χ1v) is 6.30. The highest BCUT2D eigenvalue weighted by atomic mass is 19.1. The second-order valence-corrected chi connectivity index (χ2v) is 4.36. The molecule has 0 bridgehead atoms. The summed E-state index contributed by atoms with van der Waals surface area (Å²) in [7, 11) is 3.22. The summed E-state index contributed by atoms with van der Waals surface area (Å²) in [6.07, 6.45) is -0.671. The molecule has 0 aromatic heterocycles. The average Bonchev–Trinajstić information content (AvgIpc) is 2.39. The van der Waals surface area contributed by atoms with Crippen molar-refractivity contribution >= 4 is 5.69 Å². The van der Waals surface area contributed by atoms with Gasteiger partial charge in [0, 0.05) is 27.3 Å². The third-order valence-electron chi connectivity index (χ3n) is 2.93. The van der Waals surface area contributed by atoms with Crippen LogP contribution in [0.5, 0.6) is 0 Å². The van der Waals surface area contributed by atoms with Crippen molar-refractivity contribution in [2.24, 2.45) is 0 Å². The molecule has 0 saturated heterocycles. The zero-order valence-corrected chi connectivity index (χ0v) is 11.7. The van der Waals surface area contributed by atoms with Gasteiger partial charge in [-0.2, -0.15) is 0 Å². The molecule has 4 nitrogen and oxygen atoms in total. The van der Waals surface area contributed by atoms with E-state index in [1.54, 1.807) is 33.3 Å². The van der Waals surface area contributed by atoms with Crippen LogP contribution < -0.4 is 4.90 Å². The summed E-state index contributed by atoms with van der Waals surface area (Å²) >= 11 is 0. The van der Waals surface area contributed by atoms with E-state index in [-0.39, 0.29) is 5.82 Å². The number of rotatable bonds is 8. The molecule has 0 unspecified atom stereocenters. The van der Waals surface area contributed by atoms with Crippen molar-refractivity contribution < 1.29 is 19.0 Å². The Labute approximate surface area is 113 Å². The van der Waals surface area contributed by atoms with E-state index < -0.39 is 6.10 Å². The lowest BCUT2D eigenvalue weighted by Crippen LogP contribution is -2.31. The first-order valence-electron chi connectivity index (χ1n) is 6.30. The van der Waals surface area contributed by atoms with Gasteiger partial charge in [0.15, 0.2) is 0 Å². The molecule has 1 aromatic carbocycles. The van der Waals surface area contributed by atoms with Gasteiger partial charge in [-0.05, 0) is 24.6 Å². The Hall–Kier alpha value is -1.17. The molecule has 108 valence electrons. The topological polar surface area (TPSA) is 41.9 Å². The average molecular weight is 271 g/mol. The summed E-state index contributed by atoms with van der Waals surface area (Å²) in [6.45, 7) is 3.82.